The van der Waals surface area contributed by atoms with Crippen LogP contribution in [0.25, 0.3) is 0 Å². The molecule has 0 atom stereocenters. The zero-order valence-corrected chi connectivity index (χ0v) is 10.8. The summed E-state index contributed by atoms with van der Waals surface area (Å²) in [6.45, 7) is 8.72. The van der Waals surface area contributed by atoms with E-state index in [-0.39, 0.29) is 5.84 Å². The first kappa shape index (κ1) is 13.6. The molecule has 0 unspecified atom stereocenters. The van der Waals surface area contributed by atoms with Gasteiger partial charge in [-0.05, 0) is 20.4 Å². The molecular weight excluding hydrogens is 216 g/mol. The second kappa shape index (κ2) is 6.34. The van der Waals surface area contributed by atoms with Crippen molar-refractivity contribution in [3.8, 4) is 0 Å². The van der Waals surface area contributed by atoms with E-state index >= 15 is 0 Å². The maximum atomic E-state index is 7.24. The molecule has 1 rings (SSSR count). The van der Waals surface area contributed by atoms with Crippen molar-refractivity contribution in [3.05, 3.63) is 12.2 Å². The largest absolute Gasteiger partial charge is 0.388 e. The fourth-order valence-electron chi connectivity index (χ4n) is 1.65. The highest BCUT2D eigenvalue weighted by atomic mass is 15.4. The first-order valence-corrected chi connectivity index (χ1v) is 5.98. The van der Waals surface area contributed by atoms with E-state index in [1.165, 1.54) is 0 Å². The number of rotatable bonds is 7. The smallest absolute Gasteiger partial charge is 0.141 e. The van der Waals surface area contributed by atoms with Crippen LogP contribution in [0.4, 0.5) is 0 Å². The molecule has 0 fully saturated rings. The topological polar surface area (TPSA) is 83.8 Å². The Balaban J connectivity index is 2.60. The van der Waals surface area contributed by atoms with Crippen LogP contribution >= 0.6 is 0 Å². The Bertz CT molecular complexity index is 357. The van der Waals surface area contributed by atoms with Gasteiger partial charge in [0.05, 0.1) is 12.4 Å². The van der Waals surface area contributed by atoms with Crippen molar-refractivity contribution < 1.29 is 0 Å². The molecule has 1 aromatic rings. The third-order valence-corrected chi connectivity index (χ3v) is 2.65. The molecular formula is C11H22N6. The van der Waals surface area contributed by atoms with Gasteiger partial charge >= 0.3 is 0 Å². The highest BCUT2D eigenvalue weighted by molar-refractivity contribution is 5.76. The lowest BCUT2D eigenvalue weighted by atomic mass is 10.3. The van der Waals surface area contributed by atoms with Crippen LogP contribution in [0.3, 0.4) is 0 Å². The summed E-state index contributed by atoms with van der Waals surface area (Å²) < 4.78 is 1.93. The Hall–Kier alpha value is -1.43. The van der Waals surface area contributed by atoms with Crippen molar-refractivity contribution in [2.45, 2.75) is 39.8 Å². The van der Waals surface area contributed by atoms with Crippen LogP contribution in [0, 0.1) is 5.41 Å². The maximum Gasteiger partial charge on any atom is 0.141 e. The molecule has 0 radical (unpaired) electrons. The molecule has 0 spiro atoms. The maximum absolute atomic E-state index is 7.24. The van der Waals surface area contributed by atoms with Gasteiger partial charge < -0.3 is 5.73 Å². The normalized spacial score (nSPS) is 11.4. The van der Waals surface area contributed by atoms with Crippen LogP contribution in [0.1, 0.15) is 39.1 Å². The van der Waals surface area contributed by atoms with E-state index in [1.54, 1.807) is 6.33 Å². The Morgan fingerprint density at radius 3 is 2.82 bits per heavy atom. The van der Waals surface area contributed by atoms with Crippen molar-refractivity contribution in [3.63, 3.8) is 0 Å². The molecule has 0 aliphatic rings. The minimum Gasteiger partial charge on any atom is -0.388 e. The summed E-state index contributed by atoms with van der Waals surface area (Å²) in [7, 11) is 0. The average molecular weight is 238 g/mol. The summed E-state index contributed by atoms with van der Waals surface area (Å²) in [6, 6.07) is 0.319. The molecule has 1 aromatic heterocycles. The Labute approximate surface area is 102 Å². The molecule has 6 nitrogen and oxygen atoms in total. The number of nitrogens with zero attached hydrogens (tertiary/aromatic N) is 4. The Morgan fingerprint density at radius 2 is 2.29 bits per heavy atom. The molecule has 96 valence electrons. The van der Waals surface area contributed by atoms with Gasteiger partial charge in [0.2, 0.25) is 0 Å². The number of amidine groups is 1. The predicted molar refractivity (Wildman–Crippen MR) is 67.9 cm³/mol. The standard InChI is InChI=1S/C11H22N6/c1-4-16(6-5-10(12)13)7-11-14-8-15-17(11)9(2)3/h8-9H,4-7H2,1-3H3,(H3,12,13). The van der Waals surface area contributed by atoms with E-state index in [9.17, 15) is 0 Å². The third-order valence-electron chi connectivity index (χ3n) is 2.65. The van der Waals surface area contributed by atoms with Crippen molar-refractivity contribution in [1.29, 1.82) is 5.41 Å². The summed E-state index contributed by atoms with van der Waals surface area (Å²) in [5, 5.41) is 11.5. The zero-order valence-electron chi connectivity index (χ0n) is 10.8. The highest BCUT2D eigenvalue weighted by Crippen LogP contribution is 2.08. The SMILES string of the molecule is CCN(CCC(=N)N)Cc1ncnn1C(C)C. The van der Waals surface area contributed by atoms with Gasteiger partial charge in [0.15, 0.2) is 0 Å². The lowest BCUT2D eigenvalue weighted by Crippen LogP contribution is -2.29. The molecule has 0 saturated heterocycles. The summed E-state index contributed by atoms with van der Waals surface area (Å²) in [5.41, 5.74) is 5.37. The summed E-state index contributed by atoms with van der Waals surface area (Å²) in [6.07, 6.45) is 2.19. The van der Waals surface area contributed by atoms with Crippen LogP contribution in [0.5, 0.6) is 0 Å². The highest BCUT2D eigenvalue weighted by Gasteiger charge is 2.11. The van der Waals surface area contributed by atoms with E-state index in [0.717, 1.165) is 25.5 Å². The van der Waals surface area contributed by atoms with E-state index in [0.29, 0.717) is 12.5 Å². The quantitative estimate of drug-likeness (QED) is 0.548. The molecule has 0 amide bonds. The van der Waals surface area contributed by atoms with E-state index in [1.807, 2.05) is 4.68 Å². The monoisotopic (exact) mass is 238 g/mol. The van der Waals surface area contributed by atoms with Gasteiger partial charge in [-0.25, -0.2) is 9.67 Å². The van der Waals surface area contributed by atoms with E-state index in [4.69, 9.17) is 11.1 Å². The molecule has 6 heteroatoms. The number of hydrogen-bond donors (Lipinski definition) is 2. The minimum absolute atomic E-state index is 0.230. The fraction of sp³-hybridized carbons (Fsp3) is 0.727. The lowest BCUT2D eigenvalue weighted by Gasteiger charge is -2.20. The van der Waals surface area contributed by atoms with Gasteiger partial charge in [-0.2, -0.15) is 5.10 Å². The second-order valence-corrected chi connectivity index (χ2v) is 4.36. The fourth-order valence-corrected chi connectivity index (χ4v) is 1.65. The molecule has 0 aliphatic carbocycles. The van der Waals surface area contributed by atoms with Gasteiger partial charge in [0, 0.05) is 19.0 Å². The van der Waals surface area contributed by atoms with Gasteiger partial charge in [0.1, 0.15) is 12.2 Å². The minimum atomic E-state index is 0.230. The Morgan fingerprint density at radius 1 is 1.59 bits per heavy atom. The average Bonchev–Trinajstić information content (AvgIpc) is 2.71. The molecule has 0 aromatic carbocycles. The molecule has 1 heterocycles. The number of nitrogens with two attached hydrogens (primary N) is 1. The summed E-state index contributed by atoms with van der Waals surface area (Å²) in [4.78, 5) is 6.49. The van der Waals surface area contributed by atoms with Crippen LogP contribution < -0.4 is 5.73 Å². The van der Waals surface area contributed by atoms with Crippen molar-refractivity contribution >= 4 is 5.84 Å². The van der Waals surface area contributed by atoms with Gasteiger partial charge in [-0.15, -0.1) is 0 Å². The van der Waals surface area contributed by atoms with Crippen LogP contribution in [-0.4, -0.2) is 38.6 Å². The van der Waals surface area contributed by atoms with E-state index < -0.39 is 0 Å². The number of aromatic nitrogens is 3. The Kier molecular flexibility index (Phi) is 5.09. The third kappa shape index (κ3) is 4.14. The van der Waals surface area contributed by atoms with Crippen molar-refractivity contribution in [1.82, 2.24) is 19.7 Å². The van der Waals surface area contributed by atoms with Crippen LogP contribution in [0.15, 0.2) is 6.33 Å². The molecule has 0 bridgehead atoms. The zero-order chi connectivity index (χ0) is 12.8. The van der Waals surface area contributed by atoms with Crippen LogP contribution in [0.2, 0.25) is 0 Å². The second-order valence-electron chi connectivity index (χ2n) is 4.36. The lowest BCUT2D eigenvalue weighted by molar-refractivity contribution is 0.271. The summed E-state index contributed by atoms with van der Waals surface area (Å²) >= 11 is 0. The first-order chi connectivity index (χ1) is 8.04. The van der Waals surface area contributed by atoms with Gasteiger partial charge in [0.25, 0.3) is 0 Å². The number of hydrogen-bond acceptors (Lipinski definition) is 4. The van der Waals surface area contributed by atoms with E-state index in [2.05, 4.69) is 35.8 Å². The molecule has 0 aliphatic heterocycles. The molecule has 0 saturated carbocycles. The van der Waals surface area contributed by atoms with Crippen LogP contribution in [-0.2, 0) is 6.54 Å². The van der Waals surface area contributed by atoms with Crippen molar-refractivity contribution in [2.24, 2.45) is 5.73 Å². The predicted octanol–water partition coefficient (Wildman–Crippen LogP) is 1.01. The molecule has 17 heavy (non-hydrogen) atoms. The first-order valence-electron chi connectivity index (χ1n) is 5.98. The summed E-state index contributed by atoms with van der Waals surface area (Å²) in [5.74, 6) is 1.19. The van der Waals surface area contributed by atoms with Crippen molar-refractivity contribution in [2.75, 3.05) is 13.1 Å². The van der Waals surface area contributed by atoms with Gasteiger partial charge in [-0.1, -0.05) is 6.92 Å². The number of nitrogens with one attached hydrogen (secondary N) is 1. The molecule has 3 N–H and O–H groups in total. The van der Waals surface area contributed by atoms with Gasteiger partial charge in [-0.3, -0.25) is 10.3 Å².